The molecule has 148 valence electrons. The summed E-state index contributed by atoms with van der Waals surface area (Å²) in [5, 5.41) is 12.6. The molecule has 0 unspecified atom stereocenters. The minimum Gasteiger partial charge on any atom is -0.454 e. The van der Waals surface area contributed by atoms with Gasteiger partial charge in [0.25, 0.3) is 5.91 Å². The Hall–Kier alpha value is -1.97. The van der Waals surface area contributed by atoms with Crippen molar-refractivity contribution in [2.45, 2.75) is 56.2 Å². The van der Waals surface area contributed by atoms with E-state index in [4.69, 9.17) is 4.74 Å². The summed E-state index contributed by atoms with van der Waals surface area (Å²) in [6.45, 7) is 3.03. The number of benzene rings is 1. The quantitative estimate of drug-likeness (QED) is 0.667. The first kappa shape index (κ1) is 19.8. The molecule has 2 N–H and O–H groups in total. The average molecular weight is 396 g/mol. The van der Waals surface area contributed by atoms with Gasteiger partial charge in [0.15, 0.2) is 6.61 Å². The summed E-state index contributed by atoms with van der Waals surface area (Å²) in [5.41, 5.74) is 1.76. The van der Waals surface area contributed by atoms with E-state index in [1.807, 2.05) is 6.92 Å². The molecule has 2 fully saturated rings. The first-order valence-corrected chi connectivity index (χ1v) is 10.4. The first-order valence-electron chi connectivity index (χ1n) is 8.91. The Bertz CT molecular complexity index is 849. The number of nitrogens with zero attached hydrogens (tertiary/aromatic N) is 1. The normalized spacial score (nSPS) is 23.2. The number of aryl methyl sites for hydroxylation is 2. The number of amides is 1. The molecule has 0 radical (unpaired) electrons. The third kappa shape index (κ3) is 4.48. The third-order valence-electron chi connectivity index (χ3n) is 4.88. The molecule has 1 saturated heterocycles. The molecule has 9 heteroatoms. The van der Waals surface area contributed by atoms with Crippen LogP contribution in [0.2, 0.25) is 0 Å². The Morgan fingerprint density at radius 2 is 1.96 bits per heavy atom. The standard InChI is InChI=1S/C18H24N2O6S/c1-11-3-6-15(7-12(11)2)27(24,25)20-9-14(21)8-16(20)18(23)26-10-17(22)19-13-4-5-13/h3,6-7,13-14,16,21H,4-5,8-10H2,1-2H3,(H,19,22)/t14-,16-/m0/s1. The zero-order chi connectivity index (χ0) is 19.8. The SMILES string of the molecule is Cc1ccc(S(=O)(=O)N2C[C@@H](O)C[C@H]2C(=O)OCC(=O)NC2CC2)cc1C. The molecular weight excluding hydrogens is 372 g/mol. The fourth-order valence-corrected chi connectivity index (χ4v) is 4.72. The maximum atomic E-state index is 13.0. The number of β-amino-alcohol motifs (C(OH)–C–C–N with tert-alkyl or cyclic N) is 1. The van der Waals surface area contributed by atoms with E-state index in [1.54, 1.807) is 19.1 Å². The Morgan fingerprint density at radius 3 is 2.59 bits per heavy atom. The molecule has 1 heterocycles. The van der Waals surface area contributed by atoms with Crippen molar-refractivity contribution in [3.8, 4) is 0 Å². The van der Waals surface area contributed by atoms with E-state index in [1.165, 1.54) is 6.07 Å². The molecule has 1 aromatic carbocycles. The summed E-state index contributed by atoms with van der Waals surface area (Å²) >= 11 is 0. The highest BCUT2D eigenvalue weighted by Gasteiger charge is 2.44. The molecule has 1 aliphatic heterocycles. The van der Waals surface area contributed by atoms with Gasteiger partial charge >= 0.3 is 5.97 Å². The molecule has 2 aliphatic rings. The van der Waals surface area contributed by atoms with Gasteiger partial charge in [-0.2, -0.15) is 4.31 Å². The first-order chi connectivity index (χ1) is 12.7. The minimum atomic E-state index is -3.98. The van der Waals surface area contributed by atoms with Crippen LogP contribution in [0.15, 0.2) is 23.1 Å². The van der Waals surface area contributed by atoms with Gasteiger partial charge in [0.1, 0.15) is 6.04 Å². The van der Waals surface area contributed by atoms with Crippen LogP contribution >= 0.6 is 0 Å². The molecule has 0 spiro atoms. The van der Waals surface area contributed by atoms with Gasteiger partial charge in [-0.05, 0) is 49.9 Å². The lowest BCUT2D eigenvalue weighted by atomic mass is 10.1. The van der Waals surface area contributed by atoms with Gasteiger partial charge in [-0.3, -0.25) is 9.59 Å². The van der Waals surface area contributed by atoms with E-state index in [-0.39, 0.29) is 23.9 Å². The van der Waals surface area contributed by atoms with Crippen molar-refractivity contribution in [2.75, 3.05) is 13.2 Å². The lowest BCUT2D eigenvalue weighted by Crippen LogP contribution is -2.42. The largest absolute Gasteiger partial charge is 0.454 e. The number of aliphatic hydroxyl groups is 1. The zero-order valence-corrected chi connectivity index (χ0v) is 16.2. The van der Waals surface area contributed by atoms with Gasteiger partial charge in [-0.1, -0.05) is 6.07 Å². The van der Waals surface area contributed by atoms with Gasteiger partial charge in [-0.25, -0.2) is 8.42 Å². The molecule has 1 saturated carbocycles. The van der Waals surface area contributed by atoms with Crippen molar-refractivity contribution in [2.24, 2.45) is 0 Å². The van der Waals surface area contributed by atoms with E-state index in [2.05, 4.69) is 5.32 Å². The van der Waals surface area contributed by atoms with E-state index >= 15 is 0 Å². The molecule has 1 aromatic rings. The fourth-order valence-electron chi connectivity index (χ4n) is 3.00. The lowest BCUT2D eigenvalue weighted by Gasteiger charge is -2.22. The summed E-state index contributed by atoms with van der Waals surface area (Å²) in [7, 11) is -3.98. The Labute approximate surface area is 158 Å². The smallest absolute Gasteiger partial charge is 0.325 e. The number of esters is 1. The number of ether oxygens (including phenoxy) is 1. The number of hydrogen-bond acceptors (Lipinski definition) is 6. The zero-order valence-electron chi connectivity index (χ0n) is 15.3. The number of aliphatic hydroxyl groups excluding tert-OH is 1. The predicted molar refractivity (Wildman–Crippen MR) is 96.3 cm³/mol. The second-order valence-corrected chi connectivity index (χ2v) is 9.07. The summed E-state index contributed by atoms with van der Waals surface area (Å²) in [4.78, 5) is 24.1. The van der Waals surface area contributed by atoms with Gasteiger partial charge in [0.2, 0.25) is 10.0 Å². The highest BCUT2D eigenvalue weighted by Crippen LogP contribution is 2.28. The number of nitrogens with one attached hydrogen (secondary N) is 1. The molecule has 0 aromatic heterocycles. The second kappa shape index (κ2) is 7.57. The molecule has 3 rings (SSSR count). The number of rotatable bonds is 6. The Balaban J connectivity index is 1.73. The van der Waals surface area contributed by atoms with Gasteiger partial charge in [0, 0.05) is 19.0 Å². The highest BCUT2D eigenvalue weighted by atomic mass is 32.2. The van der Waals surface area contributed by atoms with E-state index in [0.717, 1.165) is 28.3 Å². The van der Waals surface area contributed by atoms with Crippen LogP contribution in [-0.2, 0) is 24.3 Å². The van der Waals surface area contributed by atoms with E-state index in [0.29, 0.717) is 0 Å². The summed E-state index contributed by atoms with van der Waals surface area (Å²) in [6.07, 6.45) is 0.796. The summed E-state index contributed by atoms with van der Waals surface area (Å²) < 4.78 is 31.9. The Morgan fingerprint density at radius 1 is 1.26 bits per heavy atom. The molecule has 0 bridgehead atoms. The predicted octanol–water partition coefficient (Wildman–Crippen LogP) is 0.249. The van der Waals surface area contributed by atoms with E-state index < -0.39 is 40.7 Å². The topological polar surface area (TPSA) is 113 Å². The molecule has 1 amide bonds. The van der Waals surface area contributed by atoms with Crippen LogP contribution in [0, 0.1) is 13.8 Å². The number of hydrogen-bond donors (Lipinski definition) is 2. The van der Waals surface area contributed by atoms with Crippen molar-refractivity contribution >= 4 is 21.9 Å². The second-order valence-electron chi connectivity index (χ2n) is 7.18. The van der Waals surface area contributed by atoms with Crippen LogP contribution in [0.1, 0.15) is 30.4 Å². The van der Waals surface area contributed by atoms with E-state index in [9.17, 15) is 23.1 Å². The van der Waals surface area contributed by atoms with Crippen molar-refractivity contribution < 1.29 is 27.9 Å². The number of sulfonamides is 1. The highest BCUT2D eigenvalue weighted by molar-refractivity contribution is 7.89. The number of carbonyl (C=O) groups is 2. The molecule has 8 nitrogen and oxygen atoms in total. The molecule has 1 aliphatic carbocycles. The van der Waals surface area contributed by atoms with Crippen molar-refractivity contribution in [1.82, 2.24) is 9.62 Å². The maximum absolute atomic E-state index is 13.0. The maximum Gasteiger partial charge on any atom is 0.325 e. The monoisotopic (exact) mass is 396 g/mol. The minimum absolute atomic E-state index is 0.0592. The van der Waals surface area contributed by atoms with Crippen molar-refractivity contribution in [3.05, 3.63) is 29.3 Å². The summed E-state index contributed by atoms with van der Waals surface area (Å²) in [6, 6.07) is 3.71. The fraction of sp³-hybridized carbons (Fsp3) is 0.556. The Kier molecular flexibility index (Phi) is 5.55. The number of carbonyl (C=O) groups excluding carboxylic acids is 2. The van der Waals surface area contributed by atoms with Crippen LogP contribution in [-0.4, -0.2) is 61.0 Å². The van der Waals surface area contributed by atoms with Gasteiger partial charge in [0.05, 0.1) is 11.0 Å². The molecule has 2 atom stereocenters. The van der Waals surface area contributed by atoms with Crippen LogP contribution < -0.4 is 5.32 Å². The van der Waals surface area contributed by atoms with Crippen molar-refractivity contribution in [1.29, 1.82) is 0 Å². The third-order valence-corrected chi connectivity index (χ3v) is 6.75. The van der Waals surface area contributed by atoms with Crippen LogP contribution in [0.25, 0.3) is 0 Å². The van der Waals surface area contributed by atoms with Crippen LogP contribution in [0.3, 0.4) is 0 Å². The van der Waals surface area contributed by atoms with Gasteiger partial charge < -0.3 is 15.2 Å². The summed E-state index contributed by atoms with van der Waals surface area (Å²) in [5.74, 6) is -1.24. The van der Waals surface area contributed by atoms with Gasteiger partial charge in [-0.15, -0.1) is 0 Å². The molecular formula is C18H24N2O6S. The average Bonchev–Trinajstić information content (AvgIpc) is 3.32. The van der Waals surface area contributed by atoms with Crippen molar-refractivity contribution in [3.63, 3.8) is 0 Å². The van der Waals surface area contributed by atoms with Crippen LogP contribution in [0.5, 0.6) is 0 Å². The lowest BCUT2D eigenvalue weighted by molar-refractivity contribution is -0.151. The van der Waals surface area contributed by atoms with Crippen LogP contribution in [0.4, 0.5) is 0 Å². The molecule has 27 heavy (non-hydrogen) atoms.